The van der Waals surface area contributed by atoms with Crippen LogP contribution in [0.15, 0.2) is 20.1 Å². The van der Waals surface area contributed by atoms with Gasteiger partial charge < -0.3 is 0 Å². The molecule has 2 atom stereocenters. The van der Waals surface area contributed by atoms with Crippen LogP contribution in [0.25, 0.3) is 0 Å². The van der Waals surface area contributed by atoms with E-state index >= 15 is 0 Å². The molecule has 3 nitrogen and oxygen atoms in total. The third-order valence-corrected chi connectivity index (χ3v) is 7.73. The lowest BCUT2D eigenvalue weighted by atomic mass is 9.99. The summed E-state index contributed by atoms with van der Waals surface area (Å²) in [6.45, 7) is 0.550. The van der Waals surface area contributed by atoms with E-state index in [-0.39, 0.29) is 0 Å². The van der Waals surface area contributed by atoms with E-state index in [1.165, 1.54) is 24.2 Å². The van der Waals surface area contributed by atoms with Crippen molar-refractivity contribution in [1.82, 2.24) is 4.72 Å². The summed E-state index contributed by atoms with van der Waals surface area (Å²) in [5, 5.41) is 0.962. The Hall–Kier alpha value is 0.570. The molecule has 0 amide bonds. The van der Waals surface area contributed by atoms with Gasteiger partial charge in [0.25, 0.3) is 0 Å². The van der Waals surface area contributed by atoms with E-state index in [2.05, 4.69) is 36.6 Å². The van der Waals surface area contributed by atoms with E-state index in [1.807, 2.05) is 0 Å². The monoisotopic (exact) mass is 415 g/mol. The predicted octanol–water partition coefficient (Wildman–Crippen LogP) is 3.60. The number of rotatable bonds is 5. The van der Waals surface area contributed by atoms with Gasteiger partial charge in [0.2, 0.25) is 10.0 Å². The average molecular weight is 417 g/mol. The van der Waals surface area contributed by atoms with Crippen LogP contribution in [0.2, 0.25) is 0 Å². The molecule has 0 saturated heterocycles. The van der Waals surface area contributed by atoms with E-state index in [1.54, 1.807) is 12.1 Å². The van der Waals surface area contributed by atoms with Crippen molar-refractivity contribution < 1.29 is 8.42 Å². The first kappa shape index (κ1) is 15.0. The second-order valence-corrected chi connectivity index (χ2v) is 9.62. The number of hydrogen-bond donors (Lipinski definition) is 1. The fraction of sp³-hybridized carbons (Fsp3) is 0.636. The van der Waals surface area contributed by atoms with Crippen molar-refractivity contribution >= 4 is 53.2 Å². The fourth-order valence-electron chi connectivity index (χ4n) is 2.32. The van der Waals surface area contributed by atoms with Crippen LogP contribution >= 0.6 is 43.2 Å². The first-order chi connectivity index (χ1) is 8.53. The van der Waals surface area contributed by atoms with E-state index in [0.717, 1.165) is 15.5 Å². The summed E-state index contributed by atoms with van der Waals surface area (Å²) < 4.78 is 28.1. The quantitative estimate of drug-likeness (QED) is 0.745. The molecule has 0 spiro atoms. The van der Waals surface area contributed by atoms with Crippen LogP contribution in [-0.4, -0.2) is 20.3 Å². The van der Waals surface area contributed by atoms with Gasteiger partial charge in [-0.05, 0) is 52.7 Å². The van der Waals surface area contributed by atoms with Crippen LogP contribution in [0.1, 0.15) is 19.3 Å². The molecule has 0 radical (unpaired) electrons. The smallest absolute Gasteiger partial charge is 0.210 e. The molecule has 1 saturated carbocycles. The average Bonchev–Trinajstić information content (AvgIpc) is 2.94. The normalized spacial score (nSPS) is 24.6. The molecule has 1 N–H and O–H groups in total. The Morgan fingerprint density at radius 2 is 2.06 bits per heavy atom. The van der Waals surface area contributed by atoms with Crippen molar-refractivity contribution in [2.45, 2.75) is 23.5 Å². The molecule has 0 bridgehead atoms. The van der Waals surface area contributed by atoms with E-state index in [4.69, 9.17) is 0 Å². The van der Waals surface area contributed by atoms with Crippen LogP contribution in [0.5, 0.6) is 0 Å². The van der Waals surface area contributed by atoms with Gasteiger partial charge in [0.05, 0.1) is 3.79 Å². The highest BCUT2D eigenvalue weighted by Gasteiger charge is 2.28. The summed E-state index contributed by atoms with van der Waals surface area (Å²) in [5.74, 6) is 1.06. The molecule has 102 valence electrons. The molecule has 1 aromatic rings. The Labute approximate surface area is 129 Å². The standard InChI is InChI=1S/C11H15Br2NO2S2/c12-6-8-2-1-3-9(8)7-14-18(15,16)11-5-4-10(13)17-11/h4-5,8-9,14H,1-3,6-7H2. The summed E-state index contributed by atoms with van der Waals surface area (Å²) in [6, 6.07) is 3.39. The molecule has 2 unspecified atom stereocenters. The topological polar surface area (TPSA) is 46.2 Å². The maximum absolute atomic E-state index is 12.1. The highest BCUT2D eigenvalue weighted by atomic mass is 79.9. The number of hydrogen-bond acceptors (Lipinski definition) is 3. The van der Waals surface area contributed by atoms with E-state index in [9.17, 15) is 8.42 Å². The van der Waals surface area contributed by atoms with Crippen molar-refractivity contribution in [3.63, 3.8) is 0 Å². The van der Waals surface area contributed by atoms with Crippen LogP contribution < -0.4 is 4.72 Å². The summed E-state index contributed by atoms with van der Waals surface area (Å²) in [6.07, 6.45) is 3.52. The van der Waals surface area contributed by atoms with Gasteiger partial charge in [-0.15, -0.1) is 11.3 Å². The highest BCUT2D eigenvalue weighted by molar-refractivity contribution is 9.11. The van der Waals surface area contributed by atoms with E-state index in [0.29, 0.717) is 22.6 Å². The van der Waals surface area contributed by atoms with Crippen molar-refractivity contribution in [3.05, 3.63) is 15.9 Å². The molecule has 1 heterocycles. The van der Waals surface area contributed by atoms with Gasteiger partial charge in [0.15, 0.2) is 0 Å². The third-order valence-electron chi connectivity index (χ3n) is 3.36. The molecule has 1 aromatic heterocycles. The molecular weight excluding hydrogens is 402 g/mol. The zero-order chi connectivity index (χ0) is 13.2. The third kappa shape index (κ3) is 3.56. The van der Waals surface area contributed by atoms with Crippen molar-refractivity contribution in [2.24, 2.45) is 11.8 Å². The maximum atomic E-state index is 12.1. The second-order valence-electron chi connectivity index (χ2n) is 4.52. The Kier molecular flexibility index (Phi) is 5.28. The zero-order valence-corrected chi connectivity index (χ0v) is 14.5. The van der Waals surface area contributed by atoms with E-state index < -0.39 is 10.0 Å². The molecule has 0 aliphatic heterocycles. The Balaban J connectivity index is 1.97. The van der Waals surface area contributed by atoms with Gasteiger partial charge >= 0.3 is 0 Å². The summed E-state index contributed by atoms with van der Waals surface area (Å²) in [5.41, 5.74) is 0. The van der Waals surface area contributed by atoms with Gasteiger partial charge in [-0.1, -0.05) is 22.4 Å². The lowest BCUT2D eigenvalue weighted by Crippen LogP contribution is -2.30. The molecule has 1 aliphatic carbocycles. The summed E-state index contributed by atoms with van der Waals surface area (Å²) >= 11 is 8.03. The lowest BCUT2D eigenvalue weighted by molar-refractivity contribution is 0.422. The number of sulfonamides is 1. The minimum atomic E-state index is -3.34. The fourth-order valence-corrected chi connectivity index (χ4v) is 6.32. The largest absolute Gasteiger partial charge is 0.250 e. The van der Waals surface area contributed by atoms with Gasteiger partial charge in [-0.2, -0.15) is 0 Å². The van der Waals surface area contributed by atoms with Crippen LogP contribution in [0.3, 0.4) is 0 Å². The predicted molar refractivity (Wildman–Crippen MR) is 81.8 cm³/mol. The number of nitrogens with one attached hydrogen (secondary N) is 1. The first-order valence-corrected chi connectivity index (χ1v) is 10.1. The van der Waals surface area contributed by atoms with Crippen molar-refractivity contribution in [1.29, 1.82) is 0 Å². The van der Waals surface area contributed by atoms with Gasteiger partial charge in [-0.3, -0.25) is 0 Å². The number of halogens is 2. The molecule has 1 fully saturated rings. The van der Waals surface area contributed by atoms with Gasteiger partial charge in [0, 0.05) is 11.9 Å². The minimum absolute atomic E-state index is 0.378. The lowest BCUT2D eigenvalue weighted by Gasteiger charge is -2.17. The van der Waals surface area contributed by atoms with Crippen LogP contribution in [0.4, 0.5) is 0 Å². The Bertz CT molecular complexity index is 501. The van der Waals surface area contributed by atoms with Crippen LogP contribution in [0, 0.1) is 11.8 Å². The maximum Gasteiger partial charge on any atom is 0.250 e. The molecule has 7 heteroatoms. The molecule has 2 rings (SSSR count). The summed E-state index contributed by atoms with van der Waals surface area (Å²) in [4.78, 5) is 0. The SMILES string of the molecule is O=S(=O)(NCC1CCCC1CBr)c1ccc(Br)s1. The molecular formula is C11H15Br2NO2S2. The summed E-state index contributed by atoms with van der Waals surface area (Å²) in [7, 11) is -3.34. The van der Waals surface area contributed by atoms with Crippen LogP contribution in [-0.2, 0) is 10.0 Å². The van der Waals surface area contributed by atoms with Crippen molar-refractivity contribution in [2.75, 3.05) is 11.9 Å². The van der Waals surface area contributed by atoms with Gasteiger partial charge in [-0.25, -0.2) is 13.1 Å². The Morgan fingerprint density at radius 1 is 1.33 bits per heavy atom. The number of thiophene rings is 1. The molecule has 18 heavy (non-hydrogen) atoms. The molecule has 0 aromatic carbocycles. The minimum Gasteiger partial charge on any atom is -0.210 e. The number of alkyl halides is 1. The second kappa shape index (κ2) is 6.35. The zero-order valence-electron chi connectivity index (χ0n) is 9.73. The molecule has 1 aliphatic rings. The van der Waals surface area contributed by atoms with Gasteiger partial charge in [0.1, 0.15) is 4.21 Å². The highest BCUT2D eigenvalue weighted by Crippen LogP contribution is 2.33. The Morgan fingerprint density at radius 3 is 2.67 bits per heavy atom. The van der Waals surface area contributed by atoms with Crippen molar-refractivity contribution in [3.8, 4) is 0 Å². The first-order valence-electron chi connectivity index (χ1n) is 5.84.